The van der Waals surface area contributed by atoms with Gasteiger partial charge in [0.05, 0.1) is 23.7 Å². The SMILES string of the molecule is COc1ccc2c(c1)c1ncc3ccccc3c1n2CCCN(C)C. The molecule has 0 fully saturated rings. The molecule has 2 aromatic heterocycles. The molecule has 0 bridgehead atoms. The van der Waals surface area contributed by atoms with E-state index in [4.69, 9.17) is 9.72 Å². The fourth-order valence-corrected chi connectivity index (χ4v) is 3.58. The van der Waals surface area contributed by atoms with Crippen LogP contribution in [0.3, 0.4) is 0 Å². The number of aromatic nitrogens is 2. The van der Waals surface area contributed by atoms with E-state index in [-0.39, 0.29) is 0 Å². The van der Waals surface area contributed by atoms with Gasteiger partial charge in [-0.15, -0.1) is 0 Å². The van der Waals surface area contributed by atoms with Gasteiger partial charge < -0.3 is 14.2 Å². The van der Waals surface area contributed by atoms with E-state index in [9.17, 15) is 0 Å². The van der Waals surface area contributed by atoms with Crippen molar-refractivity contribution < 1.29 is 4.74 Å². The van der Waals surface area contributed by atoms with Crippen LogP contribution in [0.15, 0.2) is 48.7 Å². The van der Waals surface area contributed by atoms with Crippen molar-refractivity contribution >= 4 is 32.7 Å². The van der Waals surface area contributed by atoms with Crippen molar-refractivity contribution in [2.24, 2.45) is 0 Å². The van der Waals surface area contributed by atoms with Crippen molar-refractivity contribution in [2.45, 2.75) is 13.0 Å². The highest BCUT2D eigenvalue weighted by atomic mass is 16.5. The van der Waals surface area contributed by atoms with Crippen LogP contribution in [-0.4, -0.2) is 42.2 Å². The first-order valence-electron chi connectivity index (χ1n) is 8.67. The third kappa shape index (κ3) is 2.72. The fourth-order valence-electron chi connectivity index (χ4n) is 3.58. The summed E-state index contributed by atoms with van der Waals surface area (Å²) < 4.78 is 7.86. The Balaban J connectivity index is 2.01. The Morgan fingerprint density at radius 2 is 1.92 bits per heavy atom. The minimum Gasteiger partial charge on any atom is -0.497 e. The van der Waals surface area contributed by atoms with E-state index in [0.717, 1.165) is 36.2 Å². The average molecular weight is 333 g/mol. The molecule has 128 valence electrons. The summed E-state index contributed by atoms with van der Waals surface area (Å²) in [7, 11) is 5.95. The molecule has 4 rings (SSSR count). The molecule has 0 amide bonds. The summed E-state index contributed by atoms with van der Waals surface area (Å²) in [5.74, 6) is 0.870. The van der Waals surface area contributed by atoms with Gasteiger partial charge in [-0.2, -0.15) is 0 Å². The van der Waals surface area contributed by atoms with Crippen LogP contribution < -0.4 is 4.74 Å². The summed E-state index contributed by atoms with van der Waals surface area (Å²) in [6.45, 7) is 2.04. The van der Waals surface area contributed by atoms with Gasteiger partial charge >= 0.3 is 0 Å². The molecule has 0 saturated heterocycles. The van der Waals surface area contributed by atoms with Crippen molar-refractivity contribution in [2.75, 3.05) is 27.7 Å². The number of ether oxygens (including phenoxy) is 1. The van der Waals surface area contributed by atoms with Gasteiger partial charge in [-0.05, 0) is 45.3 Å². The molecule has 0 aliphatic rings. The van der Waals surface area contributed by atoms with Gasteiger partial charge in [0.15, 0.2) is 0 Å². The van der Waals surface area contributed by atoms with Gasteiger partial charge in [0, 0.05) is 28.9 Å². The molecule has 0 aliphatic heterocycles. The van der Waals surface area contributed by atoms with Crippen molar-refractivity contribution in [3.05, 3.63) is 48.7 Å². The number of benzene rings is 2. The summed E-state index contributed by atoms with van der Waals surface area (Å²) in [6.07, 6.45) is 3.07. The molecule has 4 aromatic rings. The van der Waals surface area contributed by atoms with Crippen LogP contribution in [0.1, 0.15) is 6.42 Å². The van der Waals surface area contributed by atoms with Gasteiger partial charge in [0.2, 0.25) is 0 Å². The van der Waals surface area contributed by atoms with E-state index in [0.29, 0.717) is 0 Å². The number of hydrogen-bond donors (Lipinski definition) is 0. The van der Waals surface area contributed by atoms with Crippen LogP contribution in [0.2, 0.25) is 0 Å². The van der Waals surface area contributed by atoms with E-state index in [1.54, 1.807) is 7.11 Å². The Morgan fingerprint density at radius 3 is 2.72 bits per heavy atom. The maximum absolute atomic E-state index is 5.44. The normalized spacial score (nSPS) is 11.8. The predicted molar refractivity (Wildman–Crippen MR) is 104 cm³/mol. The zero-order chi connectivity index (χ0) is 17.4. The van der Waals surface area contributed by atoms with Crippen LogP contribution >= 0.6 is 0 Å². The average Bonchev–Trinajstić information content (AvgIpc) is 2.95. The second kappa shape index (κ2) is 6.37. The Morgan fingerprint density at radius 1 is 1.08 bits per heavy atom. The molecule has 0 spiro atoms. The third-order valence-corrected chi connectivity index (χ3v) is 4.78. The molecule has 2 aromatic carbocycles. The van der Waals surface area contributed by atoms with E-state index < -0.39 is 0 Å². The first-order chi connectivity index (χ1) is 12.2. The number of aryl methyl sites for hydroxylation is 1. The number of methoxy groups -OCH3 is 1. The lowest BCUT2D eigenvalue weighted by atomic mass is 10.1. The molecule has 25 heavy (non-hydrogen) atoms. The smallest absolute Gasteiger partial charge is 0.119 e. The standard InChI is InChI=1S/C21H23N3O/c1-23(2)11-6-12-24-19-10-9-16(25-3)13-18(19)20-21(24)17-8-5-4-7-15(17)14-22-20/h4-5,7-10,13-14H,6,11-12H2,1-3H3. The molecule has 4 nitrogen and oxygen atoms in total. The molecular formula is C21H23N3O. The second-order valence-electron chi connectivity index (χ2n) is 6.73. The molecule has 4 heteroatoms. The summed E-state index contributed by atoms with van der Waals surface area (Å²) in [4.78, 5) is 7.02. The molecule has 0 N–H and O–H groups in total. The Bertz CT molecular complexity index is 1050. The van der Waals surface area contributed by atoms with Crippen molar-refractivity contribution in [1.29, 1.82) is 0 Å². The molecule has 2 heterocycles. The predicted octanol–water partition coefficient (Wildman–Crippen LogP) is 4.30. The van der Waals surface area contributed by atoms with E-state index in [1.807, 2.05) is 12.3 Å². The quantitative estimate of drug-likeness (QED) is 0.545. The summed E-state index contributed by atoms with van der Waals surface area (Å²) in [6, 6.07) is 14.8. The summed E-state index contributed by atoms with van der Waals surface area (Å²) >= 11 is 0. The Hall–Kier alpha value is -2.59. The number of rotatable bonds is 5. The highest BCUT2D eigenvalue weighted by molar-refractivity contribution is 6.15. The third-order valence-electron chi connectivity index (χ3n) is 4.78. The molecule has 0 radical (unpaired) electrons. The van der Waals surface area contributed by atoms with Crippen molar-refractivity contribution in [3.63, 3.8) is 0 Å². The van der Waals surface area contributed by atoms with Crippen LogP contribution in [-0.2, 0) is 6.54 Å². The topological polar surface area (TPSA) is 30.3 Å². The van der Waals surface area contributed by atoms with Crippen LogP contribution in [0.5, 0.6) is 5.75 Å². The number of fused-ring (bicyclic) bond motifs is 5. The van der Waals surface area contributed by atoms with Crippen LogP contribution in [0, 0.1) is 0 Å². The minimum atomic E-state index is 0.870. The largest absolute Gasteiger partial charge is 0.497 e. The minimum absolute atomic E-state index is 0.870. The Kier molecular flexibility index (Phi) is 4.06. The zero-order valence-corrected chi connectivity index (χ0v) is 15.0. The molecular weight excluding hydrogens is 310 g/mol. The van der Waals surface area contributed by atoms with Crippen LogP contribution in [0.4, 0.5) is 0 Å². The van der Waals surface area contributed by atoms with Gasteiger partial charge in [-0.1, -0.05) is 24.3 Å². The maximum atomic E-state index is 5.44. The summed E-state index contributed by atoms with van der Waals surface area (Å²) in [5, 5.41) is 3.59. The zero-order valence-electron chi connectivity index (χ0n) is 15.0. The van der Waals surface area contributed by atoms with E-state index >= 15 is 0 Å². The Labute approximate surface area is 147 Å². The maximum Gasteiger partial charge on any atom is 0.119 e. The number of pyridine rings is 1. The van der Waals surface area contributed by atoms with E-state index in [1.165, 1.54) is 21.8 Å². The first kappa shape index (κ1) is 15.9. The molecule has 0 unspecified atom stereocenters. The fraction of sp³-hybridized carbons (Fsp3) is 0.286. The first-order valence-corrected chi connectivity index (χ1v) is 8.67. The molecule has 0 aliphatic carbocycles. The second-order valence-corrected chi connectivity index (χ2v) is 6.73. The van der Waals surface area contributed by atoms with Gasteiger partial charge in [-0.3, -0.25) is 4.98 Å². The number of hydrogen-bond acceptors (Lipinski definition) is 3. The lowest BCUT2D eigenvalue weighted by Crippen LogP contribution is -2.15. The lowest BCUT2D eigenvalue weighted by Gasteiger charge is -2.12. The van der Waals surface area contributed by atoms with Gasteiger partial charge in [-0.25, -0.2) is 0 Å². The van der Waals surface area contributed by atoms with Gasteiger partial charge in [0.1, 0.15) is 5.75 Å². The number of nitrogens with zero attached hydrogens (tertiary/aromatic N) is 3. The monoisotopic (exact) mass is 333 g/mol. The highest BCUT2D eigenvalue weighted by Crippen LogP contribution is 2.34. The molecule has 0 atom stereocenters. The van der Waals surface area contributed by atoms with Gasteiger partial charge in [0.25, 0.3) is 0 Å². The van der Waals surface area contributed by atoms with Crippen molar-refractivity contribution in [3.8, 4) is 5.75 Å². The van der Waals surface area contributed by atoms with Crippen LogP contribution in [0.25, 0.3) is 32.7 Å². The van der Waals surface area contributed by atoms with E-state index in [2.05, 4.69) is 60.0 Å². The van der Waals surface area contributed by atoms with Crippen molar-refractivity contribution in [1.82, 2.24) is 14.5 Å². The lowest BCUT2D eigenvalue weighted by molar-refractivity contribution is 0.389. The summed E-state index contributed by atoms with van der Waals surface area (Å²) in [5.41, 5.74) is 3.50. The highest BCUT2D eigenvalue weighted by Gasteiger charge is 2.15. The molecule has 0 saturated carbocycles.